The molecule has 36 heavy (non-hydrogen) atoms. The molecule has 2 aromatic carbocycles. The van der Waals surface area contributed by atoms with E-state index in [1.165, 1.54) is 5.56 Å². The van der Waals surface area contributed by atoms with Gasteiger partial charge in [0.15, 0.2) is 0 Å². The average molecular weight is 551 g/mol. The van der Waals surface area contributed by atoms with Crippen LogP contribution in [0.25, 0.3) is 0 Å². The van der Waals surface area contributed by atoms with Crippen molar-refractivity contribution in [1.29, 1.82) is 0 Å². The van der Waals surface area contributed by atoms with Gasteiger partial charge in [0.05, 0.1) is 12.2 Å². The molecule has 9 nitrogen and oxygen atoms in total. The molecule has 5 rings (SSSR count). The summed E-state index contributed by atoms with van der Waals surface area (Å²) in [6.45, 7) is 9.65. The van der Waals surface area contributed by atoms with Crippen molar-refractivity contribution >= 4 is 37.3 Å². The van der Waals surface area contributed by atoms with Gasteiger partial charge in [-0.3, -0.25) is 8.92 Å². The standard InChI is InChI=1S/C22H28O7Si2.C2H6.O2Si/c1-4-16-10-12-17(13-11-16)30(24)25-15(3)20(26-30)22-21-19(14(2)23)27-31(28-21,29-22)18-8-6-5-7-9-18;1-2;1-3-2/h5-15,19-24H,4H2,1-3H3;1-2H3;. The van der Waals surface area contributed by atoms with Crippen LogP contribution in [0.4, 0.5) is 0 Å². The Labute approximate surface area is 216 Å². The number of rotatable bonds is 5. The molecule has 8 atom stereocenters. The lowest BCUT2D eigenvalue weighted by Gasteiger charge is -2.35. The average Bonchev–Trinajstić information content (AvgIpc) is 3.57. The molecule has 196 valence electrons. The van der Waals surface area contributed by atoms with Gasteiger partial charge in [0.1, 0.15) is 24.4 Å². The van der Waals surface area contributed by atoms with Crippen LogP contribution in [-0.4, -0.2) is 73.4 Å². The molecular weight excluding hydrogens is 517 g/mol. The second kappa shape index (κ2) is 12.3. The predicted octanol–water partition coefficient (Wildman–Crippen LogP) is 1.01. The monoisotopic (exact) mass is 550 g/mol. The van der Waals surface area contributed by atoms with Gasteiger partial charge in [0, 0.05) is 10.4 Å². The van der Waals surface area contributed by atoms with Crippen molar-refractivity contribution in [3.05, 3.63) is 60.2 Å². The van der Waals surface area contributed by atoms with E-state index in [9.17, 15) is 9.90 Å². The number of aliphatic hydroxyl groups is 1. The van der Waals surface area contributed by atoms with Crippen LogP contribution in [0.1, 0.15) is 40.2 Å². The van der Waals surface area contributed by atoms with Crippen molar-refractivity contribution in [2.24, 2.45) is 0 Å². The zero-order chi connectivity index (χ0) is 26.5. The molecule has 8 unspecified atom stereocenters. The summed E-state index contributed by atoms with van der Waals surface area (Å²) in [4.78, 5) is 11.3. The number of benzene rings is 2. The van der Waals surface area contributed by atoms with Gasteiger partial charge in [-0.05, 0) is 25.8 Å². The van der Waals surface area contributed by atoms with Crippen molar-refractivity contribution in [1.82, 2.24) is 0 Å². The van der Waals surface area contributed by atoms with E-state index in [4.69, 9.17) is 31.1 Å². The first-order valence-electron chi connectivity index (χ1n) is 12.2. The van der Waals surface area contributed by atoms with Gasteiger partial charge in [-0.15, -0.1) is 0 Å². The zero-order valence-corrected chi connectivity index (χ0v) is 24.1. The SMILES string of the molecule is CC.CCc1ccc([Si]2(O)OC(C)C(C3O[Si]4(c5ccccc5)OC(C(C)O)C3O4)O2)cc1.O=[Si]=O. The maximum absolute atomic E-state index is 11.3. The number of hydrogen-bond donors (Lipinski definition) is 2. The summed E-state index contributed by atoms with van der Waals surface area (Å²) < 4.78 is 48.0. The molecule has 12 heteroatoms. The largest absolute Gasteiger partial charge is 0.549 e. The quantitative estimate of drug-likeness (QED) is 0.526. The van der Waals surface area contributed by atoms with Gasteiger partial charge in [-0.1, -0.05) is 75.4 Å². The molecule has 0 aliphatic carbocycles. The van der Waals surface area contributed by atoms with Crippen LogP contribution >= 0.6 is 0 Å². The molecule has 2 aromatic rings. The summed E-state index contributed by atoms with van der Waals surface area (Å²) in [5.74, 6) is 0. The van der Waals surface area contributed by atoms with Crippen LogP contribution in [0.15, 0.2) is 54.6 Å². The van der Waals surface area contributed by atoms with Crippen LogP contribution in [0.5, 0.6) is 0 Å². The Hall–Kier alpha value is -1.59. The zero-order valence-electron chi connectivity index (χ0n) is 21.1. The Bertz CT molecular complexity index is 1020. The Morgan fingerprint density at radius 2 is 1.44 bits per heavy atom. The van der Waals surface area contributed by atoms with Crippen molar-refractivity contribution in [2.75, 3.05) is 0 Å². The molecular formula is C24H34O9Si3. The van der Waals surface area contributed by atoms with Crippen LogP contribution in [0.3, 0.4) is 0 Å². The van der Waals surface area contributed by atoms with Crippen molar-refractivity contribution in [3.63, 3.8) is 0 Å². The second-order valence-corrected chi connectivity index (χ2v) is 13.3. The van der Waals surface area contributed by atoms with E-state index < -0.39 is 63.5 Å². The predicted molar refractivity (Wildman–Crippen MR) is 135 cm³/mol. The van der Waals surface area contributed by atoms with E-state index in [0.717, 1.165) is 11.6 Å². The minimum Gasteiger partial charge on any atom is -0.391 e. The highest BCUT2D eigenvalue weighted by atomic mass is 28.4. The Balaban J connectivity index is 0.000000674. The number of aliphatic hydroxyl groups excluding tert-OH is 1. The summed E-state index contributed by atoms with van der Waals surface area (Å²) in [6.07, 6.45) is -2.27. The summed E-state index contributed by atoms with van der Waals surface area (Å²) in [5, 5.41) is 11.9. The van der Waals surface area contributed by atoms with E-state index in [0.29, 0.717) is 5.19 Å². The molecule has 0 radical (unpaired) electrons. The van der Waals surface area contributed by atoms with E-state index in [1.54, 1.807) is 6.92 Å². The van der Waals surface area contributed by atoms with Gasteiger partial charge in [0.25, 0.3) is 0 Å². The van der Waals surface area contributed by atoms with Crippen molar-refractivity contribution in [3.8, 4) is 0 Å². The van der Waals surface area contributed by atoms with Crippen molar-refractivity contribution in [2.45, 2.75) is 77.7 Å². The molecule has 3 aliphatic heterocycles. The maximum atomic E-state index is 11.3. The highest BCUT2D eigenvalue weighted by Crippen LogP contribution is 2.43. The first kappa shape index (κ1) is 29.0. The molecule has 3 heterocycles. The molecule has 2 bridgehead atoms. The molecule has 0 amide bonds. The molecule has 0 spiro atoms. The third-order valence-electron chi connectivity index (χ3n) is 6.28. The minimum absolute atomic E-state index is 0.396. The number of fused-ring (bicyclic) bond motifs is 2. The fraction of sp³-hybridized carbons (Fsp3) is 0.500. The van der Waals surface area contributed by atoms with Crippen LogP contribution in [0.2, 0.25) is 0 Å². The first-order valence-corrected chi connectivity index (χ1v) is 16.5. The highest BCUT2D eigenvalue weighted by molar-refractivity contribution is 6.76. The molecule has 3 aliphatic rings. The van der Waals surface area contributed by atoms with E-state index in [2.05, 4.69) is 6.92 Å². The number of hydrogen-bond acceptors (Lipinski definition) is 9. The van der Waals surface area contributed by atoms with E-state index >= 15 is 0 Å². The third-order valence-corrected chi connectivity index (χ3v) is 11.4. The maximum Gasteiger partial charge on any atom is 0.549 e. The Morgan fingerprint density at radius 3 is 2.00 bits per heavy atom. The van der Waals surface area contributed by atoms with Gasteiger partial charge in [-0.25, -0.2) is 0 Å². The summed E-state index contributed by atoms with van der Waals surface area (Å²) in [7, 11) is -8.21. The fourth-order valence-corrected chi connectivity index (χ4v) is 9.96. The highest BCUT2D eigenvalue weighted by Gasteiger charge is 2.69. The lowest BCUT2D eigenvalue weighted by molar-refractivity contribution is -0.0741. The van der Waals surface area contributed by atoms with Gasteiger partial charge >= 0.3 is 26.9 Å². The van der Waals surface area contributed by atoms with E-state index in [-0.39, 0.29) is 0 Å². The van der Waals surface area contributed by atoms with Crippen molar-refractivity contribution < 1.29 is 41.0 Å². The Morgan fingerprint density at radius 1 is 0.861 bits per heavy atom. The van der Waals surface area contributed by atoms with Crippen LogP contribution in [0, 0.1) is 0 Å². The lowest BCUT2D eigenvalue weighted by Crippen LogP contribution is -2.59. The molecule has 3 fully saturated rings. The molecule has 2 N–H and O–H groups in total. The lowest BCUT2D eigenvalue weighted by atomic mass is 9.97. The fourth-order valence-electron chi connectivity index (χ4n) is 4.60. The Kier molecular flexibility index (Phi) is 9.90. The molecule has 3 saturated heterocycles. The van der Waals surface area contributed by atoms with Gasteiger partial charge < -0.3 is 32.0 Å². The summed E-state index contributed by atoms with van der Waals surface area (Å²) in [6, 6.07) is 17.3. The third kappa shape index (κ3) is 5.62. The topological polar surface area (TPSA) is 121 Å². The van der Waals surface area contributed by atoms with Gasteiger partial charge in [-0.2, -0.15) is 0 Å². The first-order chi connectivity index (χ1) is 17.3. The summed E-state index contributed by atoms with van der Waals surface area (Å²) in [5.41, 5.74) is 1.18. The van der Waals surface area contributed by atoms with Crippen LogP contribution in [-0.2, 0) is 37.5 Å². The minimum atomic E-state index is -3.60. The second-order valence-electron chi connectivity index (χ2n) is 8.53. The number of aryl methyl sites for hydroxylation is 1. The normalized spacial score (nSPS) is 35.1. The summed E-state index contributed by atoms with van der Waals surface area (Å²) >= 11 is 0. The van der Waals surface area contributed by atoms with E-state index in [1.807, 2.05) is 75.4 Å². The van der Waals surface area contributed by atoms with Gasteiger partial charge in [0.2, 0.25) is 0 Å². The smallest absolute Gasteiger partial charge is 0.391 e. The molecule has 0 aromatic heterocycles. The molecule has 0 saturated carbocycles. The van der Waals surface area contributed by atoms with Crippen LogP contribution < -0.4 is 10.4 Å².